The molecule has 0 N–H and O–H groups in total. The van der Waals surface area contributed by atoms with Gasteiger partial charge in [0.15, 0.2) is 0 Å². The van der Waals surface area contributed by atoms with Gasteiger partial charge in [-0.05, 0) is 12.8 Å². The highest BCUT2D eigenvalue weighted by atomic mass is 19.4. The highest BCUT2D eigenvalue weighted by Crippen LogP contribution is 2.14. The molecule has 0 amide bonds. The van der Waals surface area contributed by atoms with Crippen molar-refractivity contribution in [2.45, 2.75) is 31.9 Å². The third-order valence-corrected chi connectivity index (χ3v) is 1.65. The normalized spacial score (nSPS) is 11.4. The molecule has 0 bridgehead atoms. The van der Waals surface area contributed by atoms with Gasteiger partial charge in [-0.25, -0.2) is 0 Å². The predicted molar refractivity (Wildman–Crippen MR) is 50.5 cm³/mol. The van der Waals surface area contributed by atoms with E-state index >= 15 is 0 Å². The van der Waals surface area contributed by atoms with E-state index in [2.05, 4.69) is 11.3 Å². The van der Waals surface area contributed by atoms with Crippen molar-refractivity contribution in [1.29, 1.82) is 0 Å². The lowest BCUT2D eigenvalue weighted by Crippen LogP contribution is -2.18. The van der Waals surface area contributed by atoms with Crippen LogP contribution in [0.2, 0.25) is 0 Å². The van der Waals surface area contributed by atoms with E-state index in [1.54, 1.807) is 6.08 Å². The van der Waals surface area contributed by atoms with Crippen LogP contribution in [0.3, 0.4) is 0 Å². The minimum Gasteiger partial charge on any atom is -0.372 e. The van der Waals surface area contributed by atoms with E-state index in [9.17, 15) is 18.0 Å². The fourth-order valence-corrected chi connectivity index (χ4v) is 0.942. The van der Waals surface area contributed by atoms with Crippen LogP contribution in [0.1, 0.15) is 25.7 Å². The smallest absolute Gasteiger partial charge is 0.372 e. The molecule has 0 aromatic carbocycles. The van der Waals surface area contributed by atoms with Crippen LogP contribution < -0.4 is 0 Å². The molecule has 0 rings (SSSR count). The molecule has 0 atom stereocenters. The van der Waals surface area contributed by atoms with Gasteiger partial charge < -0.3 is 4.74 Å². The van der Waals surface area contributed by atoms with E-state index in [4.69, 9.17) is 0 Å². The average molecular weight is 224 g/mol. The van der Waals surface area contributed by atoms with E-state index in [0.29, 0.717) is 12.8 Å². The first kappa shape index (κ1) is 14.2. The lowest BCUT2D eigenvalue weighted by atomic mass is 10.1. The van der Waals surface area contributed by atoms with Gasteiger partial charge in [-0.1, -0.05) is 6.08 Å². The Morgan fingerprint density at radius 1 is 1.33 bits per heavy atom. The quantitative estimate of drug-likeness (QED) is 0.468. The second kappa shape index (κ2) is 7.45. The third kappa shape index (κ3) is 11.1. The van der Waals surface area contributed by atoms with Gasteiger partial charge in [-0.3, -0.25) is 4.79 Å². The molecule has 0 aliphatic carbocycles. The molecular weight excluding hydrogens is 209 g/mol. The molecule has 0 spiro atoms. The van der Waals surface area contributed by atoms with Crippen LogP contribution in [-0.4, -0.2) is 25.2 Å². The van der Waals surface area contributed by atoms with Gasteiger partial charge >= 0.3 is 6.18 Å². The Morgan fingerprint density at radius 3 is 2.53 bits per heavy atom. The van der Waals surface area contributed by atoms with E-state index in [-0.39, 0.29) is 18.8 Å². The summed E-state index contributed by atoms with van der Waals surface area (Å²) in [7, 11) is 0. The van der Waals surface area contributed by atoms with Gasteiger partial charge in [0.2, 0.25) is 0 Å². The lowest BCUT2D eigenvalue weighted by Gasteiger charge is -2.06. The molecule has 0 aromatic rings. The maximum Gasteiger partial charge on any atom is 0.411 e. The molecule has 0 unspecified atom stereocenters. The minimum absolute atomic E-state index is 0.0488. The second-order valence-electron chi connectivity index (χ2n) is 3.14. The van der Waals surface area contributed by atoms with Crippen molar-refractivity contribution in [3.8, 4) is 0 Å². The van der Waals surface area contributed by atoms with Gasteiger partial charge in [-0.15, -0.1) is 6.58 Å². The first-order valence-corrected chi connectivity index (χ1v) is 4.73. The van der Waals surface area contributed by atoms with Crippen molar-refractivity contribution in [2.24, 2.45) is 0 Å². The zero-order chi connectivity index (χ0) is 11.7. The first-order chi connectivity index (χ1) is 6.95. The molecule has 0 aliphatic heterocycles. The maximum absolute atomic E-state index is 11.6. The van der Waals surface area contributed by atoms with Gasteiger partial charge in [0, 0.05) is 12.8 Å². The summed E-state index contributed by atoms with van der Waals surface area (Å²) in [5.74, 6) is -0.0703. The molecule has 88 valence electrons. The van der Waals surface area contributed by atoms with Crippen molar-refractivity contribution >= 4 is 5.78 Å². The molecule has 0 radical (unpaired) electrons. The highest BCUT2D eigenvalue weighted by Gasteiger charge is 2.27. The summed E-state index contributed by atoms with van der Waals surface area (Å²) in [5.41, 5.74) is 0. The molecule has 0 saturated heterocycles. The molecule has 2 nitrogen and oxygen atoms in total. The van der Waals surface area contributed by atoms with E-state index < -0.39 is 12.8 Å². The number of rotatable bonds is 8. The summed E-state index contributed by atoms with van der Waals surface area (Å²) in [5, 5.41) is 0. The van der Waals surface area contributed by atoms with Crippen LogP contribution >= 0.6 is 0 Å². The Hall–Kier alpha value is -0.840. The van der Waals surface area contributed by atoms with Gasteiger partial charge in [-0.2, -0.15) is 13.2 Å². The zero-order valence-electron chi connectivity index (χ0n) is 8.48. The van der Waals surface area contributed by atoms with Gasteiger partial charge in [0.25, 0.3) is 0 Å². The molecule has 15 heavy (non-hydrogen) atoms. The predicted octanol–water partition coefficient (Wildman–Crippen LogP) is 2.88. The number of ketones is 1. The first-order valence-electron chi connectivity index (χ1n) is 4.73. The summed E-state index contributed by atoms with van der Waals surface area (Å²) < 4.78 is 39.1. The summed E-state index contributed by atoms with van der Waals surface area (Å²) in [6.07, 6.45) is -0.745. The summed E-state index contributed by atoms with van der Waals surface area (Å²) >= 11 is 0. The Bertz CT molecular complexity index is 199. The number of carbonyl (C=O) groups excluding carboxylic acids is 1. The summed E-state index contributed by atoms with van der Waals surface area (Å²) in [4.78, 5) is 11.0. The van der Waals surface area contributed by atoms with Crippen LogP contribution in [0.15, 0.2) is 12.7 Å². The number of carbonyl (C=O) groups is 1. The van der Waals surface area contributed by atoms with E-state index in [1.807, 2.05) is 0 Å². The van der Waals surface area contributed by atoms with Crippen molar-refractivity contribution in [3.63, 3.8) is 0 Å². The molecule has 0 aromatic heterocycles. The number of ether oxygens (including phenoxy) is 1. The number of hydrogen-bond donors (Lipinski definition) is 0. The zero-order valence-corrected chi connectivity index (χ0v) is 8.48. The topological polar surface area (TPSA) is 26.3 Å². The fraction of sp³-hybridized carbons (Fsp3) is 0.700. The van der Waals surface area contributed by atoms with Crippen LogP contribution in [0.5, 0.6) is 0 Å². The summed E-state index contributed by atoms with van der Waals surface area (Å²) in [6.45, 7) is 2.05. The number of halogens is 3. The average Bonchev–Trinajstić information content (AvgIpc) is 2.11. The Kier molecular flexibility index (Phi) is 7.03. The van der Waals surface area contributed by atoms with Gasteiger partial charge in [0.1, 0.15) is 12.4 Å². The SMILES string of the molecule is C=CCCCC(=O)CCOCC(F)(F)F. The number of hydrogen-bond acceptors (Lipinski definition) is 2. The number of allylic oxidation sites excluding steroid dienone is 1. The molecule has 5 heteroatoms. The van der Waals surface area contributed by atoms with Crippen molar-refractivity contribution in [3.05, 3.63) is 12.7 Å². The van der Waals surface area contributed by atoms with Crippen LogP contribution in [0.4, 0.5) is 13.2 Å². The minimum atomic E-state index is -4.31. The Balaban J connectivity index is 3.35. The van der Waals surface area contributed by atoms with Crippen LogP contribution in [0, 0.1) is 0 Å². The van der Waals surface area contributed by atoms with Gasteiger partial charge in [0.05, 0.1) is 6.61 Å². The number of alkyl halides is 3. The molecule has 0 heterocycles. The number of Topliss-reactive ketones (excluding diaryl/α,β-unsaturated/α-hetero) is 1. The lowest BCUT2D eigenvalue weighted by molar-refractivity contribution is -0.174. The second-order valence-corrected chi connectivity index (χ2v) is 3.14. The van der Waals surface area contributed by atoms with E-state index in [1.165, 1.54) is 0 Å². The number of unbranched alkanes of at least 4 members (excludes halogenated alkanes) is 1. The van der Waals surface area contributed by atoms with Crippen LogP contribution in [-0.2, 0) is 9.53 Å². The monoisotopic (exact) mass is 224 g/mol. The highest BCUT2D eigenvalue weighted by molar-refractivity contribution is 5.78. The van der Waals surface area contributed by atoms with Crippen molar-refractivity contribution in [1.82, 2.24) is 0 Å². The molecule has 0 fully saturated rings. The van der Waals surface area contributed by atoms with Crippen molar-refractivity contribution in [2.75, 3.05) is 13.2 Å². The molecular formula is C10H15F3O2. The largest absolute Gasteiger partial charge is 0.411 e. The standard InChI is InChI=1S/C10H15F3O2/c1-2-3-4-5-9(14)6-7-15-8-10(11,12)13/h2H,1,3-8H2. The molecule has 0 aliphatic rings. The van der Waals surface area contributed by atoms with Crippen LogP contribution in [0.25, 0.3) is 0 Å². The fourth-order valence-electron chi connectivity index (χ4n) is 0.942. The third-order valence-electron chi connectivity index (χ3n) is 1.65. The van der Waals surface area contributed by atoms with E-state index in [0.717, 1.165) is 6.42 Å². The Morgan fingerprint density at radius 2 is 2.00 bits per heavy atom. The van der Waals surface area contributed by atoms with Crippen molar-refractivity contribution < 1.29 is 22.7 Å². The maximum atomic E-state index is 11.6. The Labute approximate surface area is 87.1 Å². The summed E-state index contributed by atoms with van der Waals surface area (Å²) in [6, 6.07) is 0. The molecule has 0 saturated carbocycles.